The lowest BCUT2D eigenvalue weighted by molar-refractivity contribution is 0.111. The number of benzene rings is 2. The van der Waals surface area contributed by atoms with E-state index in [2.05, 4.69) is 17.0 Å². The van der Waals surface area contributed by atoms with E-state index in [4.69, 9.17) is 0 Å². The van der Waals surface area contributed by atoms with Gasteiger partial charge < -0.3 is 10.2 Å². The molecule has 144 valence electrons. The van der Waals surface area contributed by atoms with Gasteiger partial charge in [-0.3, -0.25) is 4.90 Å². The molecule has 2 aliphatic rings. The van der Waals surface area contributed by atoms with Crippen LogP contribution in [0.4, 0.5) is 0 Å². The molecule has 27 heavy (non-hydrogen) atoms. The maximum atomic E-state index is 11.6. The third-order valence-electron chi connectivity index (χ3n) is 6.22. The van der Waals surface area contributed by atoms with Crippen LogP contribution in [0.1, 0.15) is 17.0 Å². The first-order valence-corrected chi connectivity index (χ1v) is 11.1. The van der Waals surface area contributed by atoms with E-state index in [9.17, 15) is 18.6 Å². The number of nitrogens with zero attached hydrogens (tertiary/aromatic N) is 1. The highest BCUT2D eigenvalue weighted by Crippen LogP contribution is 2.68. The highest BCUT2D eigenvalue weighted by Gasteiger charge is 2.70. The van der Waals surface area contributed by atoms with Crippen molar-refractivity contribution < 1.29 is 18.6 Å². The van der Waals surface area contributed by atoms with Crippen molar-refractivity contribution in [1.29, 1.82) is 0 Å². The summed E-state index contributed by atoms with van der Waals surface area (Å²) < 4.78 is 23.2. The Morgan fingerprint density at radius 3 is 2.37 bits per heavy atom. The minimum absolute atomic E-state index is 0.0764. The second-order valence-corrected chi connectivity index (χ2v) is 9.91. The Morgan fingerprint density at radius 1 is 1.11 bits per heavy atom. The number of hydrogen-bond acceptors (Lipinski definition) is 5. The number of hydrogen-bond donors (Lipinski definition) is 2. The zero-order valence-corrected chi connectivity index (χ0v) is 16.1. The highest BCUT2D eigenvalue weighted by molar-refractivity contribution is 7.90. The third kappa shape index (κ3) is 3.21. The fraction of sp³-hybridized carbons (Fsp3) is 0.429. The lowest BCUT2D eigenvalue weighted by atomic mass is 9.95. The van der Waals surface area contributed by atoms with Crippen LogP contribution in [-0.2, 0) is 16.4 Å². The monoisotopic (exact) mass is 387 g/mol. The number of rotatable bonds is 5. The first-order valence-electron chi connectivity index (χ1n) is 9.21. The first kappa shape index (κ1) is 18.6. The second kappa shape index (κ2) is 6.71. The summed E-state index contributed by atoms with van der Waals surface area (Å²) >= 11 is 0. The van der Waals surface area contributed by atoms with Crippen molar-refractivity contribution in [2.45, 2.75) is 23.5 Å². The Hall–Kier alpha value is -1.73. The fourth-order valence-electron chi connectivity index (χ4n) is 4.88. The molecule has 1 saturated heterocycles. The Bertz CT molecular complexity index is 913. The van der Waals surface area contributed by atoms with E-state index in [1.165, 1.54) is 11.8 Å². The third-order valence-corrected chi connectivity index (χ3v) is 7.35. The molecule has 2 aromatic carbocycles. The largest absolute Gasteiger partial charge is 0.396 e. The Kier molecular flexibility index (Phi) is 4.63. The number of aliphatic hydroxyl groups is 2. The lowest BCUT2D eigenvalue weighted by Gasteiger charge is -2.16. The van der Waals surface area contributed by atoms with Crippen molar-refractivity contribution >= 4 is 9.84 Å². The van der Waals surface area contributed by atoms with Gasteiger partial charge in [0, 0.05) is 37.9 Å². The van der Waals surface area contributed by atoms with Crippen LogP contribution in [0.3, 0.4) is 0 Å². The topological polar surface area (TPSA) is 77.8 Å². The van der Waals surface area contributed by atoms with Gasteiger partial charge in [-0.05, 0) is 35.1 Å². The molecule has 2 aromatic rings. The van der Waals surface area contributed by atoms with Crippen molar-refractivity contribution in [3.63, 3.8) is 0 Å². The minimum Gasteiger partial charge on any atom is -0.396 e. The van der Waals surface area contributed by atoms with Crippen LogP contribution in [0.15, 0.2) is 59.5 Å². The van der Waals surface area contributed by atoms with Crippen LogP contribution in [0, 0.1) is 11.3 Å². The van der Waals surface area contributed by atoms with Crippen LogP contribution >= 0.6 is 0 Å². The molecule has 4 atom stereocenters. The molecule has 1 saturated carbocycles. The Morgan fingerprint density at radius 2 is 1.78 bits per heavy atom. The molecule has 6 heteroatoms. The molecule has 1 aliphatic heterocycles. The van der Waals surface area contributed by atoms with E-state index in [1.54, 1.807) is 12.1 Å². The van der Waals surface area contributed by atoms with Crippen molar-refractivity contribution in [3.05, 3.63) is 65.7 Å². The quantitative estimate of drug-likeness (QED) is 0.816. The van der Waals surface area contributed by atoms with Gasteiger partial charge in [0.2, 0.25) is 0 Å². The zero-order chi connectivity index (χ0) is 19.2. The molecule has 1 spiro atoms. The minimum atomic E-state index is -3.19. The van der Waals surface area contributed by atoms with E-state index in [0.717, 1.165) is 12.1 Å². The van der Waals surface area contributed by atoms with Gasteiger partial charge in [0.25, 0.3) is 0 Å². The zero-order valence-electron chi connectivity index (χ0n) is 15.3. The fourth-order valence-corrected chi connectivity index (χ4v) is 5.51. The van der Waals surface area contributed by atoms with E-state index in [1.807, 2.05) is 30.3 Å². The molecule has 1 aliphatic carbocycles. The van der Waals surface area contributed by atoms with E-state index >= 15 is 0 Å². The van der Waals surface area contributed by atoms with Gasteiger partial charge in [-0.15, -0.1) is 0 Å². The molecule has 2 fully saturated rings. The van der Waals surface area contributed by atoms with Crippen molar-refractivity contribution in [3.8, 4) is 0 Å². The van der Waals surface area contributed by atoms with Crippen LogP contribution in [-0.4, -0.2) is 55.6 Å². The number of aliphatic hydroxyl groups excluding tert-OH is 2. The summed E-state index contributed by atoms with van der Waals surface area (Å²) in [6, 6.07) is 17.0. The molecule has 0 radical (unpaired) electrons. The summed E-state index contributed by atoms with van der Waals surface area (Å²) in [6.07, 6.45) is 0.726. The second-order valence-electron chi connectivity index (χ2n) is 7.89. The molecule has 0 bridgehead atoms. The molecule has 2 N–H and O–H groups in total. The predicted octanol–water partition coefficient (Wildman–Crippen LogP) is 1.66. The average molecular weight is 388 g/mol. The number of β-amino-alcohol motifs (C(OH)–C–C–N with tert-alkyl or cyclic N) is 1. The SMILES string of the molecule is CS(=O)(=O)c1ccc(CN2C[C@@H](O)[C@@]3(C2)[C@H](CO)[C@H]3c2ccccc2)cc1. The maximum Gasteiger partial charge on any atom is 0.175 e. The lowest BCUT2D eigenvalue weighted by Crippen LogP contribution is -2.23. The molecule has 4 rings (SSSR count). The van der Waals surface area contributed by atoms with Crippen LogP contribution in [0.25, 0.3) is 0 Å². The van der Waals surface area contributed by atoms with Gasteiger partial charge in [0.1, 0.15) is 0 Å². The van der Waals surface area contributed by atoms with Crippen molar-refractivity contribution in [2.24, 2.45) is 11.3 Å². The van der Waals surface area contributed by atoms with E-state index < -0.39 is 15.9 Å². The summed E-state index contributed by atoms with van der Waals surface area (Å²) in [7, 11) is -3.19. The van der Waals surface area contributed by atoms with Gasteiger partial charge in [0.15, 0.2) is 9.84 Å². The van der Waals surface area contributed by atoms with Gasteiger partial charge in [0.05, 0.1) is 11.0 Å². The maximum absolute atomic E-state index is 11.6. The van der Waals surface area contributed by atoms with Crippen molar-refractivity contribution in [1.82, 2.24) is 4.90 Å². The standard InChI is InChI=1S/C21H25NO4S/c1-27(25,26)17-9-7-15(8-10-17)11-22-12-19(24)21(14-22)18(13-23)20(21)16-5-3-2-4-6-16/h2-10,18-20,23-24H,11-14H2,1H3/t18-,19-,20-,21-/m1/s1. The van der Waals surface area contributed by atoms with Crippen LogP contribution in [0.5, 0.6) is 0 Å². The Labute approximate surface area is 160 Å². The summed E-state index contributed by atoms with van der Waals surface area (Å²) in [5.74, 6) is 0.254. The van der Waals surface area contributed by atoms with Gasteiger partial charge in [-0.1, -0.05) is 42.5 Å². The Balaban J connectivity index is 1.50. The van der Waals surface area contributed by atoms with Gasteiger partial charge in [-0.25, -0.2) is 8.42 Å². The summed E-state index contributed by atoms with van der Waals surface area (Å²) in [5.41, 5.74) is 1.90. The van der Waals surface area contributed by atoms with E-state index in [0.29, 0.717) is 18.0 Å². The predicted molar refractivity (Wildman–Crippen MR) is 103 cm³/mol. The number of sulfone groups is 1. The summed E-state index contributed by atoms with van der Waals surface area (Å²) in [6.45, 7) is 2.02. The molecule has 0 aromatic heterocycles. The molecule has 1 heterocycles. The molecular formula is C21H25NO4S. The van der Waals surface area contributed by atoms with Crippen LogP contribution < -0.4 is 0 Å². The average Bonchev–Trinajstić information content (AvgIpc) is 3.19. The van der Waals surface area contributed by atoms with Gasteiger partial charge in [-0.2, -0.15) is 0 Å². The molecule has 5 nitrogen and oxygen atoms in total. The molecule has 0 amide bonds. The van der Waals surface area contributed by atoms with E-state index in [-0.39, 0.29) is 23.9 Å². The highest BCUT2D eigenvalue weighted by atomic mass is 32.2. The van der Waals surface area contributed by atoms with Crippen LogP contribution in [0.2, 0.25) is 0 Å². The first-order chi connectivity index (χ1) is 12.9. The normalized spacial score (nSPS) is 30.7. The summed E-state index contributed by atoms with van der Waals surface area (Å²) in [5, 5.41) is 20.7. The van der Waals surface area contributed by atoms with Gasteiger partial charge >= 0.3 is 0 Å². The molecule has 0 unspecified atom stereocenters. The smallest absolute Gasteiger partial charge is 0.175 e. The summed E-state index contributed by atoms with van der Waals surface area (Å²) in [4.78, 5) is 2.52. The number of likely N-dealkylation sites (tertiary alicyclic amines) is 1. The molecular weight excluding hydrogens is 362 g/mol. The van der Waals surface area contributed by atoms with Crippen molar-refractivity contribution in [2.75, 3.05) is 26.0 Å².